The SMILES string of the molecule is COc1ccc([Si](C)(C)[C@H]2[C@H](CCn3cc(CCO)nn3)O[C@@]3(C(=O)N(Cc4cccc(NC(=O)c5ccccc5)c4)c4ccc(Br)cc43)[C@@H]2C)cc1. The van der Waals surface area contributed by atoms with Crippen LogP contribution in [-0.4, -0.2) is 59.8 Å². The molecule has 0 unspecified atom stereocenters. The highest BCUT2D eigenvalue weighted by molar-refractivity contribution is 9.10. The minimum absolute atomic E-state index is 0.00832. The van der Waals surface area contributed by atoms with Crippen LogP contribution in [0.25, 0.3) is 0 Å². The Morgan fingerprint density at radius 3 is 2.55 bits per heavy atom. The Labute approximate surface area is 319 Å². The van der Waals surface area contributed by atoms with Gasteiger partial charge in [-0.1, -0.05) is 88.8 Å². The Morgan fingerprint density at radius 1 is 1.04 bits per heavy atom. The van der Waals surface area contributed by atoms with E-state index in [1.807, 2.05) is 83.9 Å². The molecule has 4 atom stereocenters. The molecule has 0 saturated carbocycles. The summed E-state index contributed by atoms with van der Waals surface area (Å²) in [4.78, 5) is 30.0. The van der Waals surface area contributed by atoms with Crippen molar-refractivity contribution in [1.82, 2.24) is 15.0 Å². The lowest BCUT2D eigenvalue weighted by molar-refractivity contribution is -0.146. The van der Waals surface area contributed by atoms with Crippen molar-refractivity contribution in [3.05, 3.63) is 130 Å². The molecule has 1 saturated heterocycles. The van der Waals surface area contributed by atoms with Crippen molar-refractivity contribution >= 4 is 52.4 Å². The van der Waals surface area contributed by atoms with Crippen molar-refractivity contribution in [3.63, 3.8) is 0 Å². The number of benzene rings is 4. The van der Waals surface area contributed by atoms with E-state index >= 15 is 4.79 Å². The van der Waals surface area contributed by atoms with E-state index in [2.05, 4.69) is 63.7 Å². The van der Waals surface area contributed by atoms with Crippen LogP contribution >= 0.6 is 15.9 Å². The first-order chi connectivity index (χ1) is 25.5. The van der Waals surface area contributed by atoms with Gasteiger partial charge in [0, 0.05) is 53.0 Å². The summed E-state index contributed by atoms with van der Waals surface area (Å²) in [5.41, 5.74) is 3.36. The van der Waals surface area contributed by atoms with E-state index in [0.717, 1.165) is 32.7 Å². The van der Waals surface area contributed by atoms with Gasteiger partial charge in [-0.05, 0) is 72.1 Å². The van der Waals surface area contributed by atoms with E-state index in [1.165, 1.54) is 5.19 Å². The smallest absolute Gasteiger partial charge is 0.264 e. The highest BCUT2D eigenvalue weighted by Crippen LogP contribution is 2.60. The summed E-state index contributed by atoms with van der Waals surface area (Å²) in [6, 6.07) is 31.1. The van der Waals surface area contributed by atoms with E-state index in [4.69, 9.17) is 9.47 Å². The first-order valence-corrected chi connectivity index (χ1v) is 21.8. The fourth-order valence-electron chi connectivity index (χ4n) is 8.37. The lowest BCUT2D eigenvalue weighted by Gasteiger charge is -2.37. The second-order valence-electron chi connectivity index (χ2n) is 14.5. The number of nitrogens with one attached hydrogen (secondary N) is 1. The summed E-state index contributed by atoms with van der Waals surface area (Å²) in [5, 5.41) is 22.2. The van der Waals surface area contributed by atoms with Gasteiger partial charge in [-0.25, -0.2) is 0 Å². The number of aliphatic hydroxyl groups excluding tert-OH is 1. The largest absolute Gasteiger partial charge is 0.497 e. The van der Waals surface area contributed by atoms with Crippen LogP contribution in [0.4, 0.5) is 11.4 Å². The average Bonchev–Trinajstić information content (AvgIpc) is 3.81. The van der Waals surface area contributed by atoms with Gasteiger partial charge in [0.15, 0.2) is 5.60 Å². The zero-order valence-corrected chi connectivity index (χ0v) is 32.9. The normalized spacial score (nSPS) is 20.9. The molecule has 4 aromatic carbocycles. The maximum Gasteiger partial charge on any atom is 0.264 e. The van der Waals surface area contributed by atoms with Crippen LogP contribution < -0.4 is 20.1 Å². The number of rotatable bonds is 12. The number of ether oxygens (including phenoxy) is 2. The second-order valence-corrected chi connectivity index (χ2v) is 20.1. The van der Waals surface area contributed by atoms with Crippen LogP contribution in [0, 0.1) is 5.92 Å². The number of aromatic nitrogens is 3. The number of hydrogen-bond donors (Lipinski definition) is 2. The molecule has 2 N–H and O–H groups in total. The molecular formula is C41H44BrN5O5Si. The van der Waals surface area contributed by atoms with E-state index in [9.17, 15) is 9.90 Å². The van der Waals surface area contributed by atoms with Crippen LogP contribution in [0.15, 0.2) is 108 Å². The Hall–Kier alpha value is -4.62. The molecule has 1 fully saturated rings. The lowest BCUT2D eigenvalue weighted by Crippen LogP contribution is -2.51. The molecule has 10 nitrogen and oxygen atoms in total. The van der Waals surface area contributed by atoms with Crippen LogP contribution in [0.3, 0.4) is 0 Å². The fourth-order valence-corrected chi connectivity index (χ4v) is 12.8. The summed E-state index contributed by atoms with van der Waals surface area (Å²) in [6.07, 6.45) is 2.69. The number of carbonyl (C=O) groups excluding carboxylic acids is 2. The fraction of sp³-hybridized carbons (Fsp3) is 0.317. The summed E-state index contributed by atoms with van der Waals surface area (Å²) < 4.78 is 15.5. The topological polar surface area (TPSA) is 119 Å². The molecule has 12 heteroatoms. The zero-order chi connectivity index (χ0) is 37.3. The third kappa shape index (κ3) is 6.96. The molecule has 7 rings (SSSR count). The van der Waals surface area contributed by atoms with Crippen LogP contribution in [0.2, 0.25) is 18.6 Å². The first kappa shape index (κ1) is 36.7. The predicted molar refractivity (Wildman–Crippen MR) is 211 cm³/mol. The van der Waals surface area contributed by atoms with Crippen LogP contribution in [-0.2, 0) is 34.6 Å². The molecule has 3 heterocycles. The molecule has 5 aromatic rings. The maximum atomic E-state index is 15.2. The quantitative estimate of drug-likeness (QED) is 0.135. The molecule has 2 amide bonds. The third-order valence-corrected chi connectivity index (χ3v) is 15.8. The summed E-state index contributed by atoms with van der Waals surface area (Å²) in [5.74, 6) is 0.351. The number of nitrogens with zero attached hydrogens (tertiary/aromatic N) is 4. The molecule has 274 valence electrons. The van der Waals surface area contributed by atoms with Gasteiger partial charge in [-0.15, -0.1) is 5.10 Å². The second kappa shape index (κ2) is 15.0. The number of fused-ring (bicyclic) bond motifs is 2. The minimum Gasteiger partial charge on any atom is -0.497 e. The summed E-state index contributed by atoms with van der Waals surface area (Å²) in [7, 11) is -0.670. The molecule has 2 aliphatic rings. The number of carbonyl (C=O) groups is 2. The average molecular weight is 795 g/mol. The zero-order valence-electron chi connectivity index (χ0n) is 30.3. The standard InChI is InChI=1S/C41H44BrN5O5Si/c1-27-38(53(3,4)34-16-14-33(51-2)15-17-34)37(19-21-46-26-32(20-22-48)44-45-46)52-41(27)35-24-30(42)13-18-36(35)47(40(41)50)25-28-9-8-12-31(23-28)43-39(49)29-10-6-5-7-11-29/h5-18,23-24,26-27,37-38,48H,19-22,25H2,1-4H3,(H,43,49)/t27-,37+,38-,41+/m1/s1. The number of hydrogen-bond acceptors (Lipinski definition) is 7. The first-order valence-electron chi connectivity index (χ1n) is 17.9. The van der Waals surface area contributed by atoms with Crippen LogP contribution in [0.5, 0.6) is 5.75 Å². The van der Waals surface area contributed by atoms with Gasteiger partial charge in [0.25, 0.3) is 11.8 Å². The molecule has 0 aliphatic carbocycles. The third-order valence-electron chi connectivity index (χ3n) is 11.0. The van der Waals surface area contributed by atoms with Crippen molar-refractivity contribution in [2.75, 3.05) is 23.9 Å². The van der Waals surface area contributed by atoms with Crippen molar-refractivity contribution in [2.24, 2.45) is 5.92 Å². The van der Waals surface area contributed by atoms with E-state index < -0.39 is 13.7 Å². The molecule has 1 aromatic heterocycles. The van der Waals surface area contributed by atoms with E-state index in [-0.39, 0.29) is 36.0 Å². The van der Waals surface area contributed by atoms with E-state index in [1.54, 1.807) is 23.9 Å². The number of aryl methyl sites for hydroxylation is 1. The number of aliphatic hydroxyl groups is 1. The Morgan fingerprint density at radius 2 is 1.81 bits per heavy atom. The number of methoxy groups -OCH3 is 1. The molecule has 2 aliphatic heterocycles. The van der Waals surface area contributed by atoms with Gasteiger partial charge in [0.05, 0.1) is 39.2 Å². The van der Waals surface area contributed by atoms with Crippen molar-refractivity contribution in [1.29, 1.82) is 0 Å². The predicted octanol–water partition coefficient (Wildman–Crippen LogP) is 6.69. The van der Waals surface area contributed by atoms with Gasteiger partial charge in [-0.3, -0.25) is 14.3 Å². The molecule has 53 heavy (non-hydrogen) atoms. The molecule has 1 spiro atoms. The number of amides is 2. The van der Waals surface area contributed by atoms with E-state index in [0.29, 0.717) is 37.2 Å². The number of halogens is 1. The molecule has 0 bridgehead atoms. The van der Waals surface area contributed by atoms with Gasteiger partial charge < -0.3 is 24.8 Å². The molecular weight excluding hydrogens is 750 g/mol. The molecule has 0 radical (unpaired) electrons. The van der Waals surface area contributed by atoms with Crippen LogP contribution in [0.1, 0.15) is 40.5 Å². The van der Waals surface area contributed by atoms with Crippen molar-refractivity contribution < 1.29 is 24.2 Å². The van der Waals surface area contributed by atoms with Gasteiger partial charge in [0.2, 0.25) is 0 Å². The van der Waals surface area contributed by atoms with Crippen molar-refractivity contribution in [2.45, 2.75) is 63.2 Å². The highest BCUT2D eigenvalue weighted by Gasteiger charge is 2.66. The monoisotopic (exact) mass is 793 g/mol. The van der Waals surface area contributed by atoms with Gasteiger partial charge in [-0.2, -0.15) is 0 Å². The van der Waals surface area contributed by atoms with Gasteiger partial charge in [0.1, 0.15) is 5.75 Å². The lowest BCUT2D eigenvalue weighted by atomic mass is 9.82. The Kier molecular flexibility index (Phi) is 10.4. The van der Waals surface area contributed by atoms with Crippen molar-refractivity contribution in [3.8, 4) is 5.75 Å². The summed E-state index contributed by atoms with van der Waals surface area (Å²) in [6.45, 7) is 7.79. The minimum atomic E-state index is -2.34. The Bertz CT molecular complexity index is 2110. The number of anilines is 2. The summed E-state index contributed by atoms with van der Waals surface area (Å²) >= 11 is 3.70. The highest BCUT2D eigenvalue weighted by atomic mass is 79.9. The maximum absolute atomic E-state index is 15.2. The van der Waals surface area contributed by atoms with Gasteiger partial charge >= 0.3 is 0 Å². The Balaban J connectivity index is 1.23.